The van der Waals surface area contributed by atoms with Crippen molar-refractivity contribution in [2.24, 2.45) is 0 Å². The molecule has 0 aromatic heterocycles. The second kappa shape index (κ2) is 4.16. The second-order valence-corrected chi connectivity index (χ2v) is 5.41. The van der Waals surface area contributed by atoms with Crippen LogP contribution in [0, 0.1) is 0 Å². The van der Waals surface area contributed by atoms with Crippen molar-refractivity contribution in [3.63, 3.8) is 0 Å². The quantitative estimate of drug-likeness (QED) is 0.589. The van der Waals surface area contributed by atoms with Crippen molar-refractivity contribution in [1.29, 1.82) is 0 Å². The summed E-state index contributed by atoms with van der Waals surface area (Å²) in [6.07, 6.45) is 1.07. The summed E-state index contributed by atoms with van der Waals surface area (Å²) >= 11 is 4.15. The largest absolute Gasteiger partial charge is 0.379 e. The molecule has 1 unspecified atom stereocenters. The summed E-state index contributed by atoms with van der Waals surface area (Å²) in [6.45, 7) is 4.28. The summed E-state index contributed by atoms with van der Waals surface area (Å²) in [4.78, 5) is 1.35. The van der Waals surface area contributed by atoms with E-state index in [4.69, 9.17) is 0 Å². The second-order valence-electron chi connectivity index (χ2n) is 4.45. The Morgan fingerprint density at radius 3 is 2.73 bits per heavy atom. The Labute approximate surface area is 96.3 Å². The first-order valence-electron chi connectivity index (χ1n) is 5.28. The molecule has 1 aromatic carbocycles. The SMILES string of the molecule is CC(O)(S)CN1CCc2ccccc2C1. The van der Waals surface area contributed by atoms with E-state index < -0.39 is 4.93 Å². The number of β-amino-alcohol motifs (C(OH)–C–C–N with tert-alkyl or cyclic N) is 1. The molecule has 3 heteroatoms. The van der Waals surface area contributed by atoms with Crippen LogP contribution in [0.5, 0.6) is 0 Å². The lowest BCUT2D eigenvalue weighted by Crippen LogP contribution is -2.40. The first kappa shape index (κ1) is 11.0. The molecule has 0 bridgehead atoms. The molecule has 0 saturated carbocycles. The summed E-state index contributed by atoms with van der Waals surface area (Å²) in [6, 6.07) is 8.50. The van der Waals surface area contributed by atoms with Crippen LogP contribution < -0.4 is 0 Å². The van der Waals surface area contributed by atoms with Gasteiger partial charge in [-0.2, -0.15) is 0 Å². The van der Waals surface area contributed by atoms with E-state index in [-0.39, 0.29) is 0 Å². The van der Waals surface area contributed by atoms with E-state index >= 15 is 0 Å². The maximum absolute atomic E-state index is 9.64. The lowest BCUT2D eigenvalue weighted by atomic mass is 10.00. The van der Waals surface area contributed by atoms with Crippen LogP contribution in [0.4, 0.5) is 0 Å². The van der Waals surface area contributed by atoms with E-state index in [9.17, 15) is 5.11 Å². The highest BCUT2D eigenvalue weighted by Gasteiger charge is 2.22. The van der Waals surface area contributed by atoms with Gasteiger partial charge in [0, 0.05) is 19.6 Å². The molecule has 1 aliphatic heterocycles. The Morgan fingerprint density at radius 1 is 1.40 bits per heavy atom. The van der Waals surface area contributed by atoms with Crippen LogP contribution in [0.1, 0.15) is 18.1 Å². The molecule has 1 atom stereocenters. The topological polar surface area (TPSA) is 23.5 Å². The number of aliphatic hydroxyl groups is 1. The van der Waals surface area contributed by atoms with Crippen molar-refractivity contribution in [3.05, 3.63) is 35.4 Å². The number of benzene rings is 1. The van der Waals surface area contributed by atoms with Crippen LogP contribution in [0.3, 0.4) is 0 Å². The van der Waals surface area contributed by atoms with Gasteiger partial charge in [-0.15, -0.1) is 12.6 Å². The molecule has 0 amide bonds. The average molecular weight is 223 g/mol. The van der Waals surface area contributed by atoms with Gasteiger partial charge in [-0.25, -0.2) is 0 Å². The summed E-state index contributed by atoms with van der Waals surface area (Å²) in [5, 5.41) is 9.64. The smallest absolute Gasteiger partial charge is 0.117 e. The van der Waals surface area contributed by atoms with Gasteiger partial charge in [-0.3, -0.25) is 4.90 Å². The minimum Gasteiger partial charge on any atom is -0.379 e. The minimum atomic E-state index is -0.897. The third kappa shape index (κ3) is 2.97. The van der Waals surface area contributed by atoms with E-state index in [0.29, 0.717) is 6.54 Å². The van der Waals surface area contributed by atoms with Gasteiger partial charge in [0.05, 0.1) is 0 Å². The lowest BCUT2D eigenvalue weighted by molar-refractivity contribution is 0.0934. The van der Waals surface area contributed by atoms with Gasteiger partial charge in [0.2, 0.25) is 0 Å². The maximum Gasteiger partial charge on any atom is 0.117 e. The van der Waals surface area contributed by atoms with Gasteiger partial charge in [-0.1, -0.05) is 24.3 Å². The normalized spacial score (nSPS) is 20.7. The zero-order valence-corrected chi connectivity index (χ0v) is 9.87. The fourth-order valence-corrected chi connectivity index (χ4v) is 2.31. The summed E-state index contributed by atoms with van der Waals surface area (Å²) in [7, 11) is 0. The molecule has 2 rings (SSSR count). The molecule has 82 valence electrons. The van der Waals surface area contributed by atoms with E-state index in [1.165, 1.54) is 11.1 Å². The van der Waals surface area contributed by atoms with Crippen molar-refractivity contribution in [2.45, 2.75) is 24.8 Å². The molecule has 15 heavy (non-hydrogen) atoms. The highest BCUT2D eigenvalue weighted by Crippen LogP contribution is 2.21. The van der Waals surface area contributed by atoms with Crippen LogP contribution in [0.15, 0.2) is 24.3 Å². The van der Waals surface area contributed by atoms with Gasteiger partial charge in [0.15, 0.2) is 0 Å². The highest BCUT2D eigenvalue weighted by molar-refractivity contribution is 7.81. The van der Waals surface area contributed by atoms with E-state index in [2.05, 4.69) is 41.8 Å². The fourth-order valence-electron chi connectivity index (χ4n) is 2.11. The van der Waals surface area contributed by atoms with Crippen LogP contribution in [0.2, 0.25) is 0 Å². The van der Waals surface area contributed by atoms with Gasteiger partial charge < -0.3 is 5.11 Å². The van der Waals surface area contributed by atoms with E-state index in [1.807, 2.05) is 0 Å². The first-order valence-corrected chi connectivity index (χ1v) is 5.73. The Morgan fingerprint density at radius 2 is 2.07 bits per heavy atom. The number of hydrogen-bond acceptors (Lipinski definition) is 3. The minimum absolute atomic E-state index is 0.616. The molecule has 0 aliphatic carbocycles. The standard InChI is InChI=1S/C12H17NOS/c1-12(14,15)9-13-7-6-10-4-2-3-5-11(10)8-13/h2-5,14-15H,6-9H2,1H3. The van der Waals surface area contributed by atoms with Crippen LogP contribution >= 0.6 is 12.6 Å². The van der Waals surface area contributed by atoms with Crippen LogP contribution in [-0.2, 0) is 13.0 Å². The zero-order chi connectivity index (χ0) is 10.9. The van der Waals surface area contributed by atoms with Gasteiger partial charge in [-0.05, 0) is 24.5 Å². The average Bonchev–Trinajstić information content (AvgIpc) is 2.15. The van der Waals surface area contributed by atoms with Crippen molar-refractivity contribution in [3.8, 4) is 0 Å². The Kier molecular flexibility index (Phi) is 3.05. The van der Waals surface area contributed by atoms with Crippen LogP contribution in [-0.4, -0.2) is 28.0 Å². The van der Waals surface area contributed by atoms with Gasteiger partial charge in [0.1, 0.15) is 4.93 Å². The molecule has 0 radical (unpaired) electrons. The molecule has 2 nitrogen and oxygen atoms in total. The molecule has 0 spiro atoms. The highest BCUT2D eigenvalue weighted by atomic mass is 32.1. The predicted molar refractivity (Wildman–Crippen MR) is 65.0 cm³/mol. The van der Waals surface area contributed by atoms with Crippen molar-refractivity contribution < 1.29 is 5.11 Å². The fraction of sp³-hybridized carbons (Fsp3) is 0.500. The monoisotopic (exact) mass is 223 g/mol. The molecule has 1 N–H and O–H groups in total. The molecule has 0 saturated heterocycles. The van der Waals surface area contributed by atoms with Gasteiger partial charge >= 0.3 is 0 Å². The molecule has 0 fully saturated rings. The molecule has 1 aliphatic rings. The molecule has 1 aromatic rings. The van der Waals surface area contributed by atoms with E-state index in [1.54, 1.807) is 6.92 Å². The summed E-state index contributed by atoms with van der Waals surface area (Å²) in [5.41, 5.74) is 2.81. The van der Waals surface area contributed by atoms with Crippen molar-refractivity contribution in [2.75, 3.05) is 13.1 Å². The molecule has 1 heterocycles. The zero-order valence-electron chi connectivity index (χ0n) is 8.98. The number of thiol groups is 1. The number of rotatable bonds is 2. The van der Waals surface area contributed by atoms with E-state index in [0.717, 1.165) is 19.5 Å². The molecular weight excluding hydrogens is 206 g/mol. The third-order valence-electron chi connectivity index (χ3n) is 2.73. The van der Waals surface area contributed by atoms with Crippen LogP contribution in [0.25, 0.3) is 0 Å². The number of nitrogens with zero attached hydrogens (tertiary/aromatic N) is 1. The number of fused-ring (bicyclic) bond motifs is 1. The van der Waals surface area contributed by atoms with Gasteiger partial charge in [0.25, 0.3) is 0 Å². The Balaban J connectivity index is 2.06. The summed E-state index contributed by atoms with van der Waals surface area (Å²) < 4.78 is 0. The Bertz CT molecular complexity index is 346. The lowest BCUT2D eigenvalue weighted by Gasteiger charge is -2.32. The van der Waals surface area contributed by atoms with Crippen molar-refractivity contribution >= 4 is 12.6 Å². The maximum atomic E-state index is 9.64. The van der Waals surface area contributed by atoms with Crippen molar-refractivity contribution in [1.82, 2.24) is 4.90 Å². The predicted octanol–water partition coefficient (Wildman–Crippen LogP) is 1.68. The molecular formula is C12H17NOS. The first-order chi connectivity index (χ1) is 7.04. The third-order valence-corrected chi connectivity index (χ3v) is 2.87. The Hall–Kier alpha value is -0.510. The number of hydrogen-bond donors (Lipinski definition) is 2. The summed E-state index contributed by atoms with van der Waals surface area (Å²) in [5.74, 6) is 0.